The highest BCUT2D eigenvalue weighted by Crippen LogP contribution is 2.60. The fourth-order valence-corrected chi connectivity index (χ4v) is 4.65. The van der Waals surface area contributed by atoms with Crippen molar-refractivity contribution in [3.8, 4) is 11.1 Å². The monoisotopic (exact) mass is 434 g/mol. The predicted octanol–water partition coefficient (Wildman–Crippen LogP) is 6.32. The lowest BCUT2D eigenvalue weighted by atomic mass is 9.97. The van der Waals surface area contributed by atoms with Crippen LogP contribution in [0.1, 0.15) is 25.0 Å². The van der Waals surface area contributed by atoms with Gasteiger partial charge >= 0.3 is 12.1 Å². The number of esters is 1. The highest BCUT2D eigenvalue weighted by molar-refractivity contribution is 6.30. The number of fused-ring (bicyclic) bond motifs is 1. The van der Waals surface area contributed by atoms with Gasteiger partial charge in [0.15, 0.2) is 0 Å². The van der Waals surface area contributed by atoms with Crippen LogP contribution < -0.4 is 0 Å². The summed E-state index contributed by atoms with van der Waals surface area (Å²) in [7, 11) is 0. The molecule has 6 heteroatoms. The largest absolute Gasteiger partial charge is 0.461 e. The van der Waals surface area contributed by atoms with E-state index in [0.717, 1.165) is 28.3 Å². The molecule has 2 aromatic rings. The third kappa shape index (κ3) is 3.87. The van der Waals surface area contributed by atoms with Crippen LogP contribution in [0.2, 0.25) is 0 Å². The van der Waals surface area contributed by atoms with E-state index in [9.17, 15) is 18.0 Å². The number of rotatable bonds is 4. The maximum Gasteiger partial charge on any atom is 0.426 e. The molecule has 0 heterocycles. The Balaban J connectivity index is 1.47. The summed E-state index contributed by atoms with van der Waals surface area (Å²) in [5.41, 5.74) is 3.92. The molecule has 2 unspecified atom stereocenters. The molecule has 0 saturated heterocycles. The number of carbonyl (C=O) groups excluding carboxylic acids is 1. The van der Waals surface area contributed by atoms with Gasteiger partial charge in [-0.05, 0) is 33.6 Å². The average molecular weight is 435 g/mol. The molecule has 0 aromatic heterocycles. The highest BCUT2D eigenvalue weighted by atomic mass is 35.5. The van der Waals surface area contributed by atoms with Crippen molar-refractivity contribution in [2.75, 3.05) is 0 Å². The van der Waals surface area contributed by atoms with E-state index in [2.05, 4.69) is 6.07 Å². The van der Waals surface area contributed by atoms with Gasteiger partial charge in [0.05, 0.1) is 5.92 Å². The third-order valence-electron chi connectivity index (χ3n) is 6.28. The molecule has 2 aliphatic carbocycles. The number of benzene rings is 2. The minimum Gasteiger partial charge on any atom is -0.461 e. The average Bonchev–Trinajstić information content (AvgIpc) is 3.01. The molecular weight excluding hydrogens is 413 g/mol. The van der Waals surface area contributed by atoms with Crippen molar-refractivity contribution >= 4 is 17.6 Å². The van der Waals surface area contributed by atoms with E-state index in [0.29, 0.717) is 12.8 Å². The Bertz CT molecular complexity index is 995. The molecule has 158 valence electrons. The molecule has 2 nitrogen and oxygen atoms in total. The molecule has 30 heavy (non-hydrogen) atoms. The smallest absolute Gasteiger partial charge is 0.426 e. The predicted molar refractivity (Wildman–Crippen MR) is 110 cm³/mol. The molecule has 0 spiro atoms. The van der Waals surface area contributed by atoms with Crippen molar-refractivity contribution in [1.29, 1.82) is 0 Å². The summed E-state index contributed by atoms with van der Waals surface area (Å²) in [5, 5.41) is -1.18. The van der Waals surface area contributed by atoms with E-state index < -0.39 is 34.4 Å². The van der Waals surface area contributed by atoms with E-state index >= 15 is 0 Å². The summed E-state index contributed by atoms with van der Waals surface area (Å²) < 4.78 is 44.0. The summed E-state index contributed by atoms with van der Waals surface area (Å²) in [4.78, 5) is 12.7. The Morgan fingerprint density at radius 3 is 2.47 bits per heavy atom. The van der Waals surface area contributed by atoms with Gasteiger partial charge in [-0.25, -0.2) is 0 Å². The number of ether oxygens (including phenoxy) is 1. The Morgan fingerprint density at radius 1 is 1.10 bits per heavy atom. The summed E-state index contributed by atoms with van der Waals surface area (Å²) in [5.74, 6) is -1.65. The van der Waals surface area contributed by atoms with Crippen LogP contribution >= 0.6 is 11.6 Å². The minimum absolute atomic E-state index is 0.309. The van der Waals surface area contributed by atoms with Crippen molar-refractivity contribution in [2.24, 2.45) is 17.3 Å². The maximum atomic E-state index is 12.8. The molecule has 3 atom stereocenters. The molecule has 0 bridgehead atoms. The molecule has 0 N–H and O–H groups in total. The Kier molecular flexibility index (Phi) is 5.21. The number of alkyl halides is 3. The third-order valence-corrected chi connectivity index (χ3v) is 6.62. The second-order valence-electron chi connectivity index (χ2n) is 8.61. The maximum absolute atomic E-state index is 12.8. The number of halogens is 4. The van der Waals surface area contributed by atoms with Gasteiger partial charge in [-0.3, -0.25) is 4.79 Å². The molecule has 1 fully saturated rings. The Morgan fingerprint density at radius 2 is 1.80 bits per heavy atom. The zero-order valence-corrected chi connectivity index (χ0v) is 17.4. The molecule has 2 aliphatic rings. The summed E-state index contributed by atoms with van der Waals surface area (Å²) >= 11 is 5.38. The zero-order chi connectivity index (χ0) is 21.7. The van der Waals surface area contributed by atoms with Crippen LogP contribution in [0.4, 0.5) is 13.2 Å². The standard InChI is InChI=1S/C24H22ClF3O2/c1-23(2)19(13-20(25)24(26,27)28)21(23)22(29)30-16-11-15-9-6-10-17(18(15)12-16)14-7-4-3-5-8-14/h3-10,13,16,19,21H,11-12H2,1-2H3/b20-13-/t16?,19?,21-/m0/s1. The Labute approximate surface area is 178 Å². The van der Waals surface area contributed by atoms with Crippen molar-refractivity contribution in [2.45, 2.75) is 39.0 Å². The summed E-state index contributed by atoms with van der Waals surface area (Å²) in [6.45, 7) is 3.52. The molecule has 2 aromatic carbocycles. The molecular formula is C24H22ClF3O2. The van der Waals surface area contributed by atoms with Crippen molar-refractivity contribution in [1.82, 2.24) is 0 Å². The number of allylic oxidation sites excluding steroid dienone is 2. The van der Waals surface area contributed by atoms with Crippen LogP contribution in [0, 0.1) is 17.3 Å². The number of hydrogen-bond acceptors (Lipinski definition) is 2. The Hall–Kier alpha value is -2.27. The van der Waals surface area contributed by atoms with Crippen LogP contribution in [0.3, 0.4) is 0 Å². The summed E-state index contributed by atoms with van der Waals surface area (Å²) in [6, 6.07) is 16.1. The first-order valence-electron chi connectivity index (χ1n) is 9.90. The second-order valence-corrected chi connectivity index (χ2v) is 9.02. The lowest BCUT2D eigenvalue weighted by Crippen LogP contribution is -2.21. The van der Waals surface area contributed by atoms with Gasteiger partial charge in [-0.15, -0.1) is 0 Å². The van der Waals surface area contributed by atoms with E-state index in [-0.39, 0.29) is 6.10 Å². The molecule has 4 rings (SSSR count). The van der Waals surface area contributed by atoms with Crippen LogP contribution in [0.25, 0.3) is 11.1 Å². The topological polar surface area (TPSA) is 26.3 Å². The number of hydrogen-bond donors (Lipinski definition) is 0. The molecule has 0 amide bonds. The molecule has 0 radical (unpaired) electrons. The zero-order valence-electron chi connectivity index (χ0n) is 16.7. The minimum atomic E-state index is -4.60. The first-order chi connectivity index (χ1) is 14.1. The molecule has 0 aliphatic heterocycles. The van der Waals surface area contributed by atoms with Crippen LogP contribution in [0.15, 0.2) is 59.6 Å². The first-order valence-corrected chi connectivity index (χ1v) is 10.3. The van der Waals surface area contributed by atoms with Crippen LogP contribution in [-0.2, 0) is 22.4 Å². The van der Waals surface area contributed by atoms with Crippen molar-refractivity contribution in [3.05, 3.63) is 70.8 Å². The van der Waals surface area contributed by atoms with Gasteiger partial charge in [0, 0.05) is 12.8 Å². The van der Waals surface area contributed by atoms with E-state index in [1.165, 1.54) is 0 Å². The van der Waals surface area contributed by atoms with Gasteiger partial charge in [-0.1, -0.05) is 80.1 Å². The van der Waals surface area contributed by atoms with Crippen LogP contribution in [-0.4, -0.2) is 18.2 Å². The fraction of sp³-hybridized carbons (Fsp3) is 0.375. The first kappa shape index (κ1) is 21.0. The van der Waals surface area contributed by atoms with Crippen molar-refractivity contribution < 1.29 is 22.7 Å². The quantitative estimate of drug-likeness (QED) is 0.526. The van der Waals surface area contributed by atoms with Gasteiger partial charge in [0.25, 0.3) is 0 Å². The van der Waals surface area contributed by atoms with E-state index in [1.807, 2.05) is 42.5 Å². The SMILES string of the molecule is CC1(C)C(/C=C(\Cl)C(F)(F)F)[C@H]1C(=O)OC1Cc2cccc(-c3ccccc3)c2C1. The van der Waals surface area contributed by atoms with Crippen molar-refractivity contribution in [3.63, 3.8) is 0 Å². The summed E-state index contributed by atoms with van der Waals surface area (Å²) in [6.07, 6.45) is -2.75. The fourth-order valence-electron chi connectivity index (χ4n) is 4.51. The normalized spacial score (nSPS) is 25.0. The van der Waals surface area contributed by atoms with E-state index in [1.54, 1.807) is 13.8 Å². The molecule has 1 saturated carbocycles. The van der Waals surface area contributed by atoms with E-state index in [4.69, 9.17) is 16.3 Å². The van der Waals surface area contributed by atoms with Gasteiger partial charge < -0.3 is 4.74 Å². The number of carbonyl (C=O) groups is 1. The van der Waals surface area contributed by atoms with Gasteiger partial charge in [0.1, 0.15) is 11.1 Å². The highest BCUT2D eigenvalue weighted by Gasteiger charge is 2.62. The lowest BCUT2D eigenvalue weighted by Gasteiger charge is -2.12. The second kappa shape index (κ2) is 7.45. The van der Waals surface area contributed by atoms with Gasteiger partial charge in [-0.2, -0.15) is 13.2 Å². The lowest BCUT2D eigenvalue weighted by molar-refractivity contribution is -0.151. The van der Waals surface area contributed by atoms with Gasteiger partial charge in [0.2, 0.25) is 0 Å². The van der Waals surface area contributed by atoms with Crippen LogP contribution in [0.5, 0.6) is 0 Å².